The molecule has 0 aromatic carbocycles. The molecule has 0 amide bonds. The number of nitrogen functional groups attached to an aromatic ring is 1. The normalized spacial score (nSPS) is 17.7. The lowest BCUT2D eigenvalue weighted by Crippen LogP contribution is -2.12. The van der Waals surface area contributed by atoms with Crippen molar-refractivity contribution < 1.29 is 9.53 Å². The van der Waals surface area contributed by atoms with Gasteiger partial charge in [-0.1, -0.05) is 25.7 Å². The van der Waals surface area contributed by atoms with E-state index in [-0.39, 0.29) is 5.69 Å². The van der Waals surface area contributed by atoms with Crippen LogP contribution in [-0.4, -0.2) is 22.6 Å². The van der Waals surface area contributed by atoms with Crippen LogP contribution in [0.2, 0.25) is 0 Å². The van der Waals surface area contributed by atoms with E-state index in [9.17, 15) is 4.79 Å². The average molecular weight is 237 g/mol. The van der Waals surface area contributed by atoms with Crippen LogP contribution in [0.4, 0.5) is 5.82 Å². The molecule has 1 aliphatic rings. The first-order chi connectivity index (χ1) is 8.24. The molecule has 5 heteroatoms. The molecule has 0 radical (unpaired) electrons. The third kappa shape index (κ3) is 2.43. The molecular formula is C12H19N3O2. The first kappa shape index (κ1) is 12.0. The number of aromatic nitrogens is 2. The van der Waals surface area contributed by atoms with E-state index >= 15 is 0 Å². The lowest BCUT2D eigenvalue weighted by atomic mass is 10.1. The minimum absolute atomic E-state index is 0.233. The van der Waals surface area contributed by atoms with E-state index < -0.39 is 5.97 Å². The molecule has 1 fully saturated rings. The Morgan fingerprint density at radius 1 is 1.41 bits per heavy atom. The molecule has 2 rings (SSSR count). The number of carbonyl (C=O) groups is 1. The third-order valence-electron chi connectivity index (χ3n) is 3.43. The van der Waals surface area contributed by atoms with Gasteiger partial charge in [0.15, 0.2) is 5.69 Å². The molecule has 0 spiro atoms. The van der Waals surface area contributed by atoms with Gasteiger partial charge >= 0.3 is 5.97 Å². The van der Waals surface area contributed by atoms with Crippen molar-refractivity contribution in [1.82, 2.24) is 9.55 Å². The number of hydrogen-bond acceptors (Lipinski definition) is 4. The first-order valence-electron chi connectivity index (χ1n) is 6.14. The van der Waals surface area contributed by atoms with E-state index in [1.165, 1.54) is 32.8 Å². The van der Waals surface area contributed by atoms with Gasteiger partial charge < -0.3 is 15.0 Å². The molecule has 1 aromatic heterocycles. The molecule has 17 heavy (non-hydrogen) atoms. The van der Waals surface area contributed by atoms with Crippen LogP contribution < -0.4 is 5.73 Å². The van der Waals surface area contributed by atoms with Crippen LogP contribution in [0.1, 0.15) is 55.1 Å². The van der Waals surface area contributed by atoms with Crippen LogP contribution in [0.25, 0.3) is 0 Å². The van der Waals surface area contributed by atoms with Crippen LogP contribution in [0.5, 0.6) is 0 Å². The Balaban J connectivity index is 2.20. The molecule has 1 aromatic rings. The van der Waals surface area contributed by atoms with Crippen molar-refractivity contribution in [3.63, 3.8) is 0 Å². The Morgan fingerprint density at radius 3 is 2.65 bits per heavy atom. The van der Waals surface area contributed by atoms with E-state index in [0.29, 0.717) is 11.9 Å². The van der Waals surface area contributed by atoms with E-state index in [0.717, 1.165) is 12.8 Å². The first-order valence-corrected chi connectivity index (χ1v) is 6.14. The smallest absolute Gasteiger partial charge is 0.360 e. The summed E-state index contributed by atoms with van der Waals surface area (Å²) in [6.45, 7) is 0. The molecule has 0 aliphatic heterocycles. The minimum Gasteiger partial charge on any atom is -0.464 e. The van der Waals surface area contributed by atoms with Gasteiger partial charge in [0, 0.05) is 6.04 Å². The lowest BCUT2D eigenvalue weighted by molar-refractivity contribution is 0.0596. The SMILES string of the molecule is COC(=O)c1ncn(C2CCCCCC2)c1N. The summed E-state index contributed by atoms with van der Waals surface area (Å²) in [5.41, 5.74) is 6.19. The number of esters is 1. The maximum absolute atomic E-state index is 11.4. The summed E-state index contributed by atoms with van der Waals surface area (Å²) in [6.07, 6.45) is 8.90. The highest BCUT2D eigenvalue weighted by molar-refractivity contribution is 5.92. The van der Waals surface area contributed by atoms with Crippen molar-refractivity contribution in [2.75, 3.05) is 12.8 Å². The Kier molecular flexibility index (Phi) is 3.66. The highest BCUT2D eigenvalue weighted by Gasteiger charge is 2.21. The molecule has 0 unspecified atom stereocenters. The molecule has 1 aliphatic carbocycles. The number of imidazole rings is 1. The second kappa shape index (κ2) is 5.21. The lowest BCUT2D eigenvalue weighted by Gasteiger charge is -2.17. The maximum Gasteiger partial charge on any atom is 0.360 e. The quantitative estimate of drug-likeness (QED) is 0.632. The fourth-order valence-corrected chi connectivity index (χ4v) is 2.45. The standard InChI is InChI=1S/C12H19N3O2/c1-17-12(16)10-11(13)15(8-14-10)9-6-4-2-3-5-7-9/h8-9H,2-7,13H2,1H3. The maximum atomic E-state index is 11.4. The van der Waals surface area contributed by atoms with Crippen LogP contribution in [0.15, 0.2) is 6.33 Å². The number of nitrogens with two attached hydrogens (primary N) is 1. The van der Waals surface area contributed by atoms with Crippen LogP contribution in [0.3, 0.4) is 0 Å². The summed E-state index contributed by atoms with van der Waals surface area (Å²) in [7, 11) is 1.34. The fourth-order valence-electron chi connectivity index (χ4n) is 2.45. The fraction of sp³-hybridized carbons (Fsp3) is 0.667. The Hall–Kier alpha value is -1.52. The van der Waals surface area contributed by atoms with E-state index in [1.54, 1.807) is 6.33 Å². The van der Waals surface area contributed by atoms with Gasteiger partial charge in [0.2, 0.25) is 0 Å². The zero-order valence-electron chi connectivity index (χ0n) is 10.2. The molecule has 1 saturated carbocycles. The molecule has 5 nitrogen and oxygen atoms in total. The van der Waals surface area contributed by atoms with Gasteiger partial charge in [0.05, 0.1) is 13.4 Å². The monoisotopic (exact) mass is 237 g/mol. The Labute approximate surface area is 101 Å². The zero-order valence-corrected chi connectivity index (χ0v) is 10.2. The van der Waals surface area contributed by atoms with Crippen molar-refractivity contribution >= 4 is 11.8 Å². The Bertz CT molecular complexity index is 392. The van der Waals surface area contributed by atoms with Crippen molar-refractivity contribution in [3.05, 3.63) is 12.0 Å². The van der Waals surface area contributed by atoms with Gasteiger partial charge in [-0.2, -0.15) is 0 Å². The summed E-state index contributed by atoms with van der Waals surface area (Å²) >= 11 is 0. The van der Waals surface area contributed by atoms with Gasteiger partial charge in [-0.3, -0.25) is 0 Å². The van der Waals surface area contributed by atoms with Crippen LogP contribution in [-0.2, 0) is 4.74 Å². The summed E-state index contributed by atoms with van der Waals surface area (Å²) in [5, 5.41) is 0. The predicted octanol–water partition coefficient (Wildman–Crippen LogP) is 2.15. The van der Waals surface area contributed by atoms with Gasteiger partial charge in [0.25, 0.3) is 0 Å². The zero-order chi connectivity index (χ0) is 12.3. The van der Waals surface area contributed by atoms with Gasteiger partial charge in [-0.05, 0) is 12.8 Å². The summed E-state index contributed by atoms with van der Waals surface area (Å²) in [6, 6.07) is 0.378. The van der Waals surface area contributed by atoms with Crippen molar-refractivity contribution in [2.24, 2.45) is 0 Å². The van der Waals surface area contributed by atoms with E-state index in [1.807, 2.05) is 4.57 Å². The van der Waals surface area contributed by atoms with Gasteiger partial charge in [0.1, 0.15) is 5.82 Å². The number of methoxy groups -OCH3 is 1. The van der Waals surface area contributed by atoms with Gasteiger partial charge in [-0.15, -0.1) is 0 Å². The van der Waals surface area contributed by atoms with Crippen molar-refractivity contribution in [2.45, 2.75) is 44.6 Å². The summed E-state index contributed by atoms with van der Waals surface area (Å²) in [5.74, 6) is -0.0291. The highest BCUT2D eigenvalue weighted by atomic mass is 16.5. The predicted molar refractivity (Wildman–Crippen MR) is 64.7 cm³/mol. The average Bonchev–Trinajstić information content (AvgIpc) is 2.57. The highest BCUT2D eigenvalue weighted by Crippen LogP contribution is 2.29. The van der Waals surface area contributed by atoms with E-state index in [4.69, 9.17) is 5.73 Å². The number of hydrogen-bond donors (Lipinski definition) is 1. The van der Waals surface area contributed by atoms with E-state index in [2.05, 4.69) is 9.72 Å². The second-order valence-corrected chi connectivity index (χ2v) is 4.52. The number of anilines is 1. The number of carbonyl (C=O) groups excluding carboxylic acids is 1. The molecule has 94 valence electrons. The number of nitrogens with zero attached hydrogens (tertiary/aromatic N) is 2. The third-order valence-corrected chi connectivity index (χ3v) is 3.43. The van der Waals surface area contributed by atoms with Crippen molar-refractivity contribution in [3.8, 4) is 0 Å². The molecule has 2 N–H and O–H groups in total. The molecule has 0 atom stereocenters. The Morgan fingerprint density at radius 2 is 2.06 bits per heavy atom. The van der Waals surface area contributed by atoms with Crippen molar-refractivity contribution in [1.29, 1.82) is 0 Å². The molecule has 1 heterocycles. The molecule has 0 saturated heterocycles. The van der Waals surface area contributed by atoms with Crippen LogP contribution >= 0.6 is 0 Å². The molecular weight excluding hydrogens is 218 g/mol. The molecule has 0 bridgehead atoms. The minimum atomic E-state index is -0.463. The number of rotatable bonds is 2. The van der Waals surface area contributed by atoms with Gasteiger partial charge in [-0.25, -0.2) is 9.78 Å². The van der Waals surface area contributed by atoms with Crippen LogP contribution in [0, 0.1) is 0 Å². The number of ether oxygens (including phenoxy) is 1. The topological polar surface area (TPSA) is 70.1 Å². The second-order valence-electron chi connectivity index (χ2n) is 4.52. The summed E-state index contributed by atoms with van der Waals surface area (Å²) in [4.78, 5) is 15.5. The summed E-state index contributed by atoms with van der Waals surface area (Å²) < 4.78 is 6.58. The largest absolute Gasteiger partial charge is 0.464 e.